The molecule has 3 nitrogen and oxygen atoms in total. The minimum atomic E-state index is 0.306. The molecular formula is C17H19N3. The zero-order chi connectivity index (χ0) is 13.9. The van der Waals surface area contributed by atoms with Crippen LogP contribution in [-0.4, -0.2) is 18.5 Å². The van der Waals surface area contributed by atoms with Gasteiger partial charge in [0.1, 0.15) is 0 Å². The summed E-state index contributed by atoms with van der Waals surface area (Å²) in [7, 11) is 0. The van der Waals surface area contributed by atoms with Crippen molar-refractivity contribution in [3.8, 4) is 0 Å². The molecule has 2 N–H and O–H groups in total. The number of benzene rings is 2. The fourth-order valence-corrected chi connectivity index (χ4v) is 2.63. The highest BCUT2D eigenvalue weighted by molar-refractivity contribution is 5.97. The van der Waals surface area contributed by atoms with Crippen molar-refractivity contribution in [2.24, 2.45) is 10.7 Å². The summed E-state index contributed by atoms with van der Waals surface area (Å²) >= 11 is 0. The third-order valence-corrected chi connectivity index (χ3v) is 3.70. The maximum absolute atomic E-state index is 6.07. The maximum atomic E-state index is 6.07. The van der Waals surface area contributed by atoms with Gasteiger partial charge in [-0.1, -0.05) is 48.0 Å². The number of hydrogen-bond donors (Lipinski definition) is 1. The summed E-state index contributed by atoms with van der Waals surface area (Å²) in [6.45, 7) is 2.85. The fraction of sp³-hybridized carbons (Fsp3) is 0.235. The van der Waals surface area contributed by atoms with Crippen LogP contribution in [0.25, 0.3) is 0 Å². The number of rotatable bonds is 3. The van der Waals surface area contributed by atoms with E-state index in [1.165, 1.54) is 11.1 Å². The van der Waals surface area contributed by atoms with Crippen LogP contribution in [0.1, 0.15) is 11.1 Å². The monoisotopic (exact) mass is 265 g/mol. The average molecular weight is 265 g/mol. The highest BCUT2D eigenvalue weighted by Crippen LogP contribution is 2.23. The van der Waals surface area contributed by atoms with Crippen LogP contribution in [0.2, 0.25) is 0 Å². The van der Waals surface area contributed by atoms with Gasteiger partial charge in [0.25, 0.3) is 0 Å². The molecule has 20 heavy (non-hydrogen) atoms. The lowest BCUT2D eigenvalue weighted by Crippen LogP contribution is -2.42. The first kappa shape index (κ1) is 12.7. The molecule has 0 amide bonds. The summed E-state index contributed by atoms with van der Waals surface area (Å²) in [4.78, 5) is 6.56. The summed E-state index contributed by atoms with van der Waals surface area (Å²) in [6.07, 6.45) is 0.957. The average Bonchev–Trinajstić information content (AvgIpc) is 2.82. The number of nitrogens with two attached hydrogens (primary N) is 1. The maximum Gasteiger partial charge on any atom is 0.196 e. The Kier molecular flexibility index (Phi) is 3.42. The molecule has 1 aliphatic heterocycles. The molecule has 0 spiro atoms. The molecule has 0 aromatic heterocycles. The highest BCUT2D eigenvalue weighted by atomic mass is 15.3. The van der Waals surface area contributed by atoms with Gasteiger partial charge in [-0.05, 0) is 31.0 Å². The van der Waals surface area contributed by atoms with Crippen LogP contribution < -0.4 is 10.6 Å². The van der Waals surface area contributed by atoms with Gasteiger partial charge in [0.05, 0.1) is 12.6 Å². The van der Waals surface area contributed by atoms with Crippen LogP contribution >= 0.6 is 0 Å². The van der Waals surface area contributed by atoms with E-state index < -0.39 is 0 Å². The van der Waals surface area contributed by atoms with E-state index in [0.29, 0.717) is 12.0 Å². The van der Waals surface area contributed by atoms with Crippen LogP contribution in [-0.2, 0) is 6.42 Å². The van der Waals surface area contributed by atoms with Gasteiger partial charge in [0, 0.05) is 5.69 Å². The Morgan fingerprint density at radius 1 is 1.10 bits per heavy atom. The Morgan fingerprint density at radius 2 is 1.80 bits per heavy atom. The van der Waals surface area contributed by atoms with Crippen LogP contribution in [0.4, 0.5) is 5.69 Å². The number of guanidine groups is 1. The van der Waals surface area contributed by atoms with E-state index in [0.717, 1.165) is 18.7 Å². The lowest BCUT2D eigenvalue weighted by molar-refractivity contribution is 0.704. The molecule has 3 heteroatoms. The minimum Gasteiger partial charge on any atom is -0.370 e. The molecule has 1 unspecified atom stereocenters. The van der Waals surface area contributed by atoms with E-state index in [2.05, 4.69) is 65.3 Å². The van der Waals surface area contributed by atoms with Crippen molar-refractivity contribution in [1.29, 1.82) is 0 Å². The van der Waals surface area contributed by atoms with Gasteiger partial charge >= 0.3 is 0 Å². The predicted molar refractivity (Wildman–Crippen MR) is 84.1 cm³/mol. The summed E-state index contributed by atoms with van der Waals surface area (Å²) in [5, 5.41) is 0. The Bertz CT molecular complexity index is 602. The Hall–Kier alpha value is -2.29. The zero-order valence-electron chi connectivity index (χ0n) is 11.7. The smallest absolute Gasteiger partial charge is 0.196 e. The number of aliphatic imine (C=N–C) groups is 1. The summed E-state index contributed by atoms with van der Waals surface area (Å²) in [5.74, 6) is 0.620. The van der Waals surface area contributed by atoms with E-state index in [1.807, 2.05) is 6.07 Å². The fourth-order valence-electron chi connectivity index (χ4n) is 2.63. The second-order valence-electron chi connectivity index (χ2n) is 5.25. The molecule has 0 bridgehead atoms. The quantitative estimate of drug-likeness (QED) is 0.927. The summed E-state index contributed by atoms with van der Waals surface area (Å²) in [5.41, 5.74) is 9.76. The molecule has 0 fully saturated rings. The molecule has 0 saturated heterocycles. The summed E-state index contributed by atoms with van der Waals surface area (Å²) in [6, 6.07) is 19.3. The molecule has 0 aliphatic carbocycles. The van der Waals surface area contributed by atoms with Crippen molar-refractivity contribution in [3.63, 3.8) is 0 Å². The molecule has 0 radical (unpaired) electrons. The molecule has 2 aromatic rings. The van der Waals surface area contributed by atoms with Crippen molar-refractivity contribution < 1.29 is 0 Å². The van der Waals surface area contributed by atoms with Crippen LogP contribution in [0.3, 0.4) is 0 Å². The number of nitrogens with zero attached hydrogens (tertiary/aromatic N) is 2. The third-order valence-electron chi connectivity index (χ3n) is 3.70. The Morgan fingerprint density at radius 3 is 2.50 bits per heavy atom. The lowest BCUT2D eigenvalue weighted by atomic mass is 10.0. The first-order valence-electron chi connectivity index (χ1n) is 6.94. The molecule has 0 saturated carbocycles. The van der Waals surface area contributed by atoms with Gasteiger partial charge in [-0.25, -0.2) is 0 Å². The van der Waals surface area contributed by atoms with E-state index in [9.17, 15) is 0 Å². The van der Waals surface area contributed by atoms with Crippen LogP contribution in [0.5, 0.6) is 0 Å². The molecule has 1 aliphatic rings. The van der Waals surface area contributed by atoms with E-state index in [-0.39, 0.29) is 0 Å². The molecular weight excluding hydrogens is 246 g/mol. The Labute approximate surface area is 119 Å². The second kappa shape index (κ2) is 5.37. The largest absolute Gasteiger partial charge is 0.370 e. The normalized spacial score (nSPS) is 18.1. The van der Waals surface area contributed by atoms with E-state index in [4.69, 9.17) is 5.73 Å². The van der Waals surface area contributed by atoms with Crippen molar-refractivity contribution in [1.82, 2.24) is 0 Å². The van der Waals surface area contributed by atoms with Crippen molar-refractivity contribution >= 4 is 11.6 Å². The molecule has 102 valence electrons. The van der Waals surface area contributed by atoms with E-state index >= 15 is 0 Å². The first-order chi connectivity index (χ1) is 9.74. The van der Waals surface area contributed by atoms with Gasteiger partial charge in [0.2, 0.25) is 0 Å². The molecule has 2 aromatic carbocycles. The topological polar surface area (TPSA) is 41.6 Å². The first-order valence-corrected chi connectivity index (χ1v) is 6.94. The SMILES string of the molecule is Cc1ccc(N2C(N)=NCC2Cc2ccccc2)cc1. The minimum absolute atomic E-state index is 0.306. The molecule has 3 rings (SSSR count). The number of hydrogen-bond acceptors (Lipinski definition) is 3. The number of aryl methyl sites for hydroxylation is 1. The highest BCUT2D eigenvalue weighted by Gasteiger charge is 2.27. The second-order valence-corrected chi connectivity index (χ2v) is 5.25. The predicted octanol–water partition coefficient (Wildman–Crippen LogP) is 2.74. The Balaban J connectivity index is 1.83. The van der Waals surface area contributed by atoms with Gasteiger partial charge < -0.3 is 10.6 Å². The van der Waals surface area contributed by atoms with Gasteiger partial charge in [-0.2, -0.15) is 0 Å². The van der Waals surface area contributed by atoms with Crippen LogP contribution in [0.15, 0.2) is 59.6 Å². The van der Waals surface area contributed by atoms with Crippen molar-refractivity contribution in [2.45, 2.75) is 19.4 Å². The van der Waals surface area contributed by atoms with E-state index in [1.54, 1.807) is 0 Å². The van der Waals surface area contributed by atoms with Crippen molar-refractivity contribution in [3.05, 3.63) is 65.7 Å². The molecule has 1 heterocycles. The standard InChI is InChI=1S/C17H19N3/c1-13-7-9-15(10-8-13)20-16(12-19-17(20)18)11-14-5-3-2-4-6-14/h2-10,16H,11-12H2,1H3,(H2,18,19). The number of anilines is 1. The van der Waals surface area contributed by atoms with Gasteiger partial charge in [0.15, 0.2) is 5.96 Å². The third kappa shape index (κ3) is 2.52. The lowest BCUT2D eigenvalue weighted by Gasteiger charge is -2.26. The van der Waals surface area contributed by atoms with Crippen molar-refractivity contribution in [2.75, 3.05) is 11.4 Å². The van der Waals surface area contributed by atoms with Gasteiger partial charge in [-0.3, -0.25) is 4.99 Å². The van der Waals surface area contributed by atoms with Crippen LogP contribution in [0, 0.1) is 6.92 Å². The molecule has 1 atom stereocenters. The zero-order valence-corrected chi connectivity index (χ0v) is 11.7. The van der Waals surface area contributed by atoms with Gasteiger partial charge in [-0.15, -0.1) is 0 Å². The summed E-state index contributed by atoms with van der Waals surface area (Å²) < 4.78 is 0.